The first kappa shape index (κ1) is 15.0. The van der Waals surface area contributed by atoms with Gasteiger partial charge in [-0.1, -0.05) is 6.92 Å². The predicted octanol–water partition coefficient (Wildman–Crippen LogP) is 3.28. The second kappa shape index (κ2) is 6.35. The maximum Gasteiger partial charge on any atom is 0.123 e. The van der Waals surface area contributed by atoms with E-state index in [1.807, 2.05) is 32.0 Å². The lowest BCUT2D eigenvalue weighted by molar-refractivity contribution is 0.0300. The van der Waals surface area contributed by atoms with Gasteiger partial charge in [0.25, 0.3) is 0 Å². The van der Waals surface area contributed by atoms with Gasteiger partial charge in [-0.15, -0.1) is 0 Å². The third kappa shape index (κ3) is 4.30. The Bertz CT molecular complexity index is 440. The summed E-state index contributed by atoms with van der Waals surface area (Å²) >= 11 is 0. The van der Waals surface area contributed by atoms with E-state index in [2.05, 4.69) is 12.2 Å². The molecule has 20 heavy (non-hydrogen) atoms. The van der Waals surface area contributed by atoms with Crippen molar-refractivity contribution >= 4 is 11.4 Å². The van der Waals surface area contributed by atoms with Gasteiger partial charge in [-0.25, -0.2) is 0 Å². The van der Waals surface area contributed by atoms with Gasteiger partial charge in [0, 0.05) is 43.3 Å². The average molecular weight is 278 g/mol. The predicted molar refractivity (Wildman–Crippen MR) is 83.3 cm³/mol. The molecule has 3 N–H and O–H groups in total. The maximum absolute atomic E-state index is 5.94. The van der Waals surface area contributed by atoms with E-state index in [4.69, 9.17) is 15.2 Å². The molecule has 0 spiro atoms. The van der Waals surface area contributed by atoms with Gasteiger partial charge in [0.1, 0.15) is 5.75 Å². The molecule has 1 aromatic carbocycles. The lowest BCUT2D eigenvalue weighted by Crippen LogP contribution is -2.33. The molecular weight excluding hydrogens is 252 g/mol. The van der Waals surface area contributed by atoms with Crippen molar-refractivity contribution in [1.29, 1.82) is 0 Å². The minimum Gasteiger partial charge on any atom is -0.491 e. The molecule has 0 radical (unpaired) electrons. The van der Waals surface area contributed by atoms with Gasteiger partial charge < -0.3 is 20.5 Å². The first-order valence-electron chi connectivity index (χ1n) is 7.36. The van der Waals surface area contributed by atoms with Crippen LogP contribution in [-0.2, 0) is 4.74 Å². The van der Waals surface area contributed by atoms with Crippen LogP contribution in [0.4, 0.5) is 11.4 Å². The second-order valence-corrected chi connectivity index (χ2v) is 6.23. The van der Waals surface area contributed by atoms with Crippen LogP contribution in [0.5, 0.6) is 5.75 Å². The summed E-state index contributed by atoms with van der Waals surface area (Å²) in [6.07, 6.45) is 2.34. The highest BCUT2D eigenvalue weighted by atomic mass is 16.5. The van der Waals surface area contributed by atoms with E-state index >= 15 is 0 Å². The fourth-order valence-electron chi connectivity index (χ4n) is 2.42. The number of nitrogens with one attached hydrogen (secondary N) is 1. The van der Waals surface area contributed by atoms with E-state index in [0.717, 1.165) is 49.7 Å². The van der Waals surface area contributed by atoms with E-state index in [1.54, 1.807) is 0 Å². The summed E-state index contributed by atoms with van der Waals surface area (Å²) in [5.41, 5.74) is 7.98. The summed E-state index contributed by atoms with van der Waals surface area (Å²) in [7, 11) is 0. The van der Waals surface area contributed by atoms with Crippen LogP contribution < -0.4 is 15.8 Å². The zero-order valence-electron chi connectivity index (χ0n) is 12.7. The first-order valence-corrected chi connectivity index (χ1v) is 7.36. The normalized spacial score (nSPS) is 18.0. The molecule has 1 aromatic rings. The number of hydrogen-bond acceptors (Lipinski definition) is 4. The Labute approximate surface area is 121 Å². The Balaban J connectivity index is 1.99. The molecule has 0 saturated carbocycles. The Morgan fingerprint density at radius 1 is 1.30 bits per heavy atom. The summed E-state index contributed by atoms with van der Waals surface area (Å²) in [5, 5.41) is 3.49. The summed E-state index contributed by atoms with van der Waals surface area (Å²) in [6, 6.07) is 5.83. The average Bonchev–Trinajstić information content (AvgIpc) is 2.36. The van der Waals surface area contributed by atoms with Crippen molar-refractivity contribution in [3.63, 3.8) is 0 Å². The topological polar surface area (TPSA) is 56.5 Å². The van der Waals surface area contributed by atoms with Crippen LogP contribution >= 0.6 is 0 Å². The van der Waals surface area contributed by atoms with Crippen LogP contribution in [0.25, 0.3) is 0 Å². The molecule has 0 atom stereocenters. The monoisotopic (exact) mass is 278 g/mol. The molecule has 1 aliphatic heterocycles. The minimum atomic E-state index is 0.151. The Kier molecular flexibility index (Phi) is 4.76. The van der Waals surface area contributed by atoms with Crippen molar-refractivity contribution in [2.75, 3.05) is 30.8 Å². The molecule has 2 rings (SSSR count). The lowest BCUT2D eigenvalue weighted by Gasteiger charge is -2.34. The molecule has 0 bridgehead atoms. The number of anilines is 2. The largest absolute Gasteiger partial charge is 0.491 e. The van der Waals surface area contributed by atoms with Gasteiger partial charge in [-0.3, -0.25) is 0 Å². The third-order valence-corrected chi connectivity index (χ3v) is 3.72. The number of benzene rings is 1. The first-order chi connectivity index (χ1) is 9.47. The van der Waals surface area contributed by atoms with Gasteiger partial charge in [0.2, 0.25) is 0 Å². The van der Waals surface area contributed by atoms with E-state index in [0.29, 0.717) is 5.41 Å². The Morgan fingerprint density at radius 2 is 2.00 bits per heavy atom. The molecule has 112 valence electrons. The minimum absolute atomic E-state index is 0.151. The van der Waals surface area contributed by atoms with E-state index in [-0.39, 0.29) is 6.10 Å². The van der Waals surface area contributed by atoms with Crippen molar-refractivity contribution < 1.29 is 9.47 Å². The number of hydrogen-bond donors (Lipinski definition) is 2. The van der Waals surface area contributed by atoms with Crippen molar-refractivity contribution in [2.45, 2.75) is 39.7 Å². The maximum atomic E-state index is 5.94. The SMILES string of the molecule is CC(C)Oc1cc(N)cc(NCC2(C)CCOCC2)c1. The molecule has 0 amide bonds. The highest BCUT2D eigenvalue weighted by Crippen LogP contribution is 2.31. The third-order valence-electron chi connectivity index (χ3n) is 3.72. The fraction of sp³-hybridized carbons (Fsp3) is 0.625. The molecule has 0 unspecified atom stereocenters. The molecule has 1 fully saturated rings. The summed E-state index contributed by atoms with van der Waals surface area (Å²) < 4.78 is 11.1. The van der Waals surface area contributed by atoms with Gasteiger partial charge >= 0.3 is 0 Å². The molecule has 1 heterocycles. The lowest BCUT2D eigenvalue weighted by atomic mass is 9.82. The molecule has 4 nitrogen and oxygen atoms in total. The van der Waals surface area contributed by atoms with E-state index in [9.17, 15) is 0 Å². The van der Waals surface area contributed by atoms with Crippen LogP contribution in [0.1, 0.15) is 33.6 Å². The number of nitrogens with two attached hydrogens (primary N) is 1. The van der Waals surface area contributed by atoms with Crippen molar-refractivity contribution in [3.8, 4) is 5.75 Å². The second-order valence-electron chi connectivity index (χ2n) is 6.23. The molecule has 4 heteroatoms. The molecular formula is C16H26N2O2. The summed E-state index contributed by atoms with van der Waals surface area (Å²) in [5.74, 6) is 0.819. The molecule has 0 aromatic heterocycles. The van der Waals surface area contributed by atoms with Gasteiger partial charge in [0.15, 0.2) is 0 Å². The summed E-state index contributed by atoms with van der Waals surface area (Å²) in [6.45, 7) is 8.98. The van der Waals surface area contributed by atoms with Crippen LogP contribution in [0, 0.1) is 5.41 Å². The number of rotatable bonds is 5. The van der Waals surface area contributed by atoms with Crippen LogP contribution in [-0.4, -0.2) is 25.9 Å². The molecule has 1 aliphatic rings. The standard InChI is InChI=1S/C16H26N2O2/c1-12(2)20-15-9-13(17)8-14(10-15)18-11-16(3)4-6-19-7-5-16/h8-10,12,18H,4-7,11,17H2,1-3H3. The Hall–Kier alpha value is -1.42. The zero-order chi connectivity index (χ0) is 14.6. The molecule has 1 saturated heterocycles. The van der Waals surface area contributed by atoms with E-state index < -0.39 is 0 Å². The van der Waals surface area contributed by atoms with E-state index in [1.165, 1.54) is 0 Å². The zero-order valence-corrected chi connectivity index (χ0v) is 12.7. The highest BCUT2D eigenvalue weighted by molar-refractivity contribution is 5.59. The summed E-state index contributed by atoms with van der Waals surface area (Å²) in [4.78, 5) is 0. The van der Waals surface area contributed by atoms with Crippen molar-refractivity contribution in [1.82, 2.24) is 0 Å². The number of nitrogen functional groups attached to an aromatic ring is 1. The smallest absolute Gasteiger partial charge is 0.123 e. The quantitative estimate of drug-likeness (QED) is 0.812. The van der Waals surface area contributed by atoms with Crippen molar-refractivity contribution in [3.05, 3.63) is 18.2 Å². The van der Waals surface area contributed by atoms with Crippen LogP contribution in [0.15, 0.2) is 18.2 Å². The van der Waals surface area contributed by atoms with Gasteiger partial charge in [0.05, 0.1) is 6.10 Å². The van der Waals surface area contributed by atoms with Crippen molar-refractivity contribution in [2.24, 2.45) is 5.41 Å². The van der Waals surface area contributed by atoms with Crippen LogP contribution in [0.3, 0.4) is 0 Å². The fourth-order valence-corrected chi connectivity index (χ4v) is 2.42. The van der Waals surface area contributed by atoms with Crippen LogP contribution in [0.2, 0.25) is 0 Å². The molecule has 0 aliphatic carbocycles. The highest BCUT2D eigenvalue weighted by Gasteiger charge is 2.27. The van der Waals surface area contributed by atoms with Gasteiger partial charge in [-0.05, 0) is 38.2 Å². The van der Waals surface area contributed by atoms with Gasteiger partial charge in [-0.2, -0.15) is 0 Å². The number of ether oxygens (including phenoxy) is 2. The Morgan fingerprint density at radius 3 is 2.65 bits per heavy atom.